The van der Waals surface area contributed by atoms with Crippen LogP contribution in [-0.4, -0.2) is 48.0 Å². The highest BCUT2D eigenvalue weighted by Gasteiger charge is 2.26. The zero-order valence-electron chi connectivity index (χ0n) is 13.5. The number of aromatic nitrogens is 1. The number of amides is 1. The molecule has 23 heavy (non-hydrogen) atoms. The zero-order valence-corrected chi connectivity index (χ0v) is 14.3. The topological polar surface area (TPSA) is 48.5 Å². The van der Waals surface area contributed by atoms with Gasteiger partial charge in [-0.3, -0.25) is 9.69 Å². The number of anilines is 2. The van der Waals surface area contributed by atoms with Gasteiger partial charge in [-0.2, -0.15) is 0 Å². The monoisotopic (exact) mass is 330 g/mol. The van der Waals surface area contributed by atoms with E-state index in [2.05, 4.69) is 20.1 Å². The predicted octanol–water partition coefficient (Wildman–Crippen LogP) is 2.60. The van der Waals surface area contributed by atoms with Crippen molar-refractivity contribution in [1.82, 2.24) is 9.88 Å². The van der Waals surface area contributed by atoms with Crippen molar-refractivity contribution in [3.8, 4) is 0 Å². The van der Waals surface area contributed by atoms with E-state index < -0.39 is 0 Å². The summed E-state index contributed by atoms with van der Waals surface area (Å²) >= 11 is 1.67. The van der Waals surface area contributed by atoms with Gasteiger partial charge in [0.2, 0.25) is 5.91 Å². The van der Waals surface area contributed by atoms with Gasteiger partial charge >= 0.3 is 0 Å². The maximum Gasteiger partial charge on any atom is 0.241 e. The number of rotatable bonds is 4. The van der Waals surface area contributed by atoms with Crippen LogP contribution in [0.3, 0.4) is 0 Å². The van der Waals surface area contributed by atoms with Crippen LogP contribution in [0.5, 0.6) is 0 Å². The minimum Gasteiger partial charge on any atom is -0.346 e. The largest absolute Gasteiger partial charge is 0.346 e. The number of benzene rings is 1. The molecule has 6 heteroatoms. The van der Waals surface area contributed by atoms with Crippen molar-refractivity contribution in [3.05, 3.63) is 41.4 Å². The molecule has 1 aliphatic heterocycles. The quantitative estimate of drug-likeness (QED) is 0.936. The molecule has 0 spiro atoms. The fourth-order valence-corrected chi connectivity index (χ4v) is 3.50. The Kier molecular flexibility index (Phi) is 4.93. The van der Waals surface area contributed by atoms with Crippen molar-refractivity contribution in [2.24, 2.45) is 0 Å². The molecule has 2 heterocycles. The molecule has 0 saturated carbocycles. The van der Waals surface area contributed by atoms with E-state index in [9.17, 15) is 4.79 Å². The van der Waals surface area contributed by atoms with Crippen LogP contribution in [0.4, 0.5) is 10.8 Å². The van der Waals surface area contributed by atoms with Gasteiger partial charge in [-0.05, 0) is 31.5 Å². The lowest BCUT2D eigenvalue weighted by molar-refractivity contribution is -0.120. The standard InChI is InChI=1S/C17H22N4OS/c1-13-4-3-5-15(12-13)19-16(22)14(2)20-7-9-21(10-8-20)17-18-6-11-23-17/h3-6,11-12,14H,7-10H2,1-2H3,(H,19,22)/t14-/m1/s1. The van der Waals surface area contributed by atoms with Crippen molar-refractivity contribution < 1.29 is 4.79 Å². The van der Waals surface area contributed by atoms with Crippen LogP contribution in [0.15, 0.2) is 35.8 Å². The molecule has 122 valence electrons. The number of aryl methyl sites for hydroxylation is 1. The van der Waals surface area contributed by atoms with Crippen LogP contribution >= 0.6 is 11.3 Å². The number of hydrogen-bond acceptors (Lipinski definition) is 5. The Morgan fingerprint density at radius 2 is 2.09 bits per heavy atom. The van der Waals surface area contributed by atoms with Gasteiger partial charge in [-0.15, -0.1) is 11.3 Å². The summed E-state index contributed by atoms with van der Waals surface area (Å²) in [7, 11) is 0. The third kappa shape index (κ3) is 3.89. The molecule has 2 aromatic rings. The second kappa shape index (κ2) is 7.10. The maximum atomic E-state index is 12.5. The lowest BCUT2D eigenvalue weighted by atomic mass is 10.2. The fourth-order valence-electron chi connectivity index (χ4n) is 2.81. The normalized spacial score (nSPS) is 17.0. The molecular formula is C17H22N4OS. The molecule has 1 N–H and O–H groups in total. The summed E-state index contributed by atoms with van der Waals surface area (Å²) in [6.45, 7) is 7.58. The molecule has 1 amide bonds. The number of carbonyl (C=O) groups is 1. The van der Waals surface area contributed by atoms with Gasteiger partial charge in [0.05, 0.1) is 6.04 Å². The number of nitrogens with one attached hydrogen (secondary N) is 1. The summed E-state index contributed by atoms with van der Waals surface area (Å²) in [5, 5.41) is 6.08. The number of nitrogens with zero attached hydrogens (tertiary/aromatic N) is 3. The SMILES string of the molecule is Cc1cccc(NC(=O)[C@@H](C)N2CCN(c3nccs3)CC2)c1. The number of thiazole rings is 1. The minimum absolute atomic E-state index is 0.0540. The van der Waals surface area contributed by atoms with E-state index in [1.54, 1.807) is 11.3 Å². The highest BCUT2D eigenvalue weighted by molar-refractivity contribution is 7.13. The highest BCUT2D eigenvalue weighted by atomic mass is 32.1. The van der Waals surface area contributed by atoms with Gasteiger partial charge in [0.1, 0.15) is 0 Å². The predicted molar refractivity (Wildman–Crippen MR) is 95.2 cm³/mol. The van der Waals surface area contributed by atoms with Gasteiger partial charge in [-0.25, -0.2) is 4.98 Å². The van der Waals surface area contributed by atoms with Crippen molar-refractivity contribution in [1.29, 1.82) is 0 Å². The summed E-state index contributed by atoms with van der Waals surface area (Å²) in [6.07, 6.45) is 1.84. The average molecular weight is 330 g/mol. The number of carbonyl (C=O) groups excluding carboxylic acids is 1. The van der Waals surface area contributed by atoms with Gasteiger partial charge < -0.3 is 10.2 Å². The van der Waals surface area contributed by atoms with Crippen molar-refractivity contribution in [2.45, 2.75) is 19.9 Å². The Morgan fingerprint density at radius 3 is 2.74 bits per heavy atom. The number of piperazine rings is 1. The Bertz CT molecular complexity index is 650. The molecule has 0 aliphatic carbocycles. The van der Waals surface area contributed by atoms with Crippen LogP contribution in [0.25, 0.3) is 0 Å². The summed E-state index contributed by atoms with van der Waals surface area (Å²) in [4.78, 5) is 21.3. The van der Waals surface area contributed by atoms with Gasteiger partial charge in [0, 0.05) is 43.4 Å². The zero-order chi connectivity index (χ0) is 16.2. The van der Waals surface area contributed by atoms with Crippen molar-refractivity contribution in [3.63, 3.8) is 0 Å². The van der Waals surface area contributed by atoms with Crippen LogP contribution in [-0.2, 0) is 4.79 Å². The van der Waals surface area contributed by atoms with Gasteiger partial charge in [-0.1, -0.05) is 12.1 Å². The van der Waals surface area contributed by atoms with Gasteiger partial charge in [0.25, 0.3) is 0 Å². The van der Waals surface area contributed by atoms with Crippen molar-refractivity contribution >= 4 is 28.1 Å². The molecular weight excluding hydrogens is 308 g/mol. The molecule has 1 aromatic carbocycles. The molecule has 3 rings (SSSR count). The molecule has 1 aromatic heterocycles. The first kappa shape index (κ1) is 16.0. The first-order chi connectivity index (χ1) is 11.1. The summed E-state index contributed by atoms with van der Waals surface area (Å²) in [5.74, 6) is 0.0540. The average Bonchev–Trinajstić information content (AvgIpc) is 3.09. The fraction of sp³-hybridized carbons (Fsp3) is 0.412. The van der Waals surface area contributed by atoms with Gasteiger partial charge in [0.15, 0.2) is 5.13 Å². The van der Waals surface area contributed by atoms with E-state index in [0.717, 1.165) is 42.6 Å². The summed E-state index contributed by atoms with van der Waals surface area (Å²) in [5.41, 5.74) is 2.01. The van der Waals surface area contributed by atoms with Crippen LogP contribution in [0.2, 0.25) is 0 Å². The second-order valence-corrected chi connectivity index (χ2v) is 6.75. The third-order valence-electron chi connectivity index (χ3n) is 4.22. The highest BCUT2D eigenvalue weighted by Crippen LogP contribution is 2.20. The lowest BCUT2D eigenvalue weighted by Gasteiger charge is -2.37. The molecule has 1 fully saturated rings. The number of hydrogen-bond donors (Lipinski definition) is 1. The molecule has 0 radical (unpaired) electrons. The second-order valence-electron chi connectivity index (χ2n) is 5.87. The Hall–Kier alpha value is -1.92. The Morgan fingerprint density at radius 1 is 1.30 bits per heavy atom. The molecule has 0 bridgehead atoms. The molecule has 5 nitrogen and oxygen atoms in total. The first-order valence-electron chi connectivity index (χ1n) is 7.89. The van der Waals surface area contributed by atoms with Crippen LogP contribution < -0.4 is 10.2 Å². The van der Waals surface area contributed by atoms with Crippen molar-refractivity contribution in [2.75, 3.05) is 36.4 Å². The Balaban J connectivity index is 1.54. The van der Waals surface area contributed by atoms with E-state index in [1.807, 2.05) is 49.7 Å². The summed E-state index contributed by atoms with van der Waals surface area (Å²) < 4.78 is 0. The van der Waals surface area contributed by atoms with E-state index in [1.165, 1.54) is 0 Å². The first-order valence-corrected chi connectivity index (χ1v) is 8.77. The smallest absolute Gasteiger partial charge is 0.241 e. The van der Waals surface area contributed by atoms with E-state index in [0.29, 0.717) is 0 Å². The molecule has 1 saturated heterocycles. The van der Waals surface area contributed by atoms with E-state index >= 15 is 0 Å². The molecule has 1 aliphatic rings. The van der Waals surface area contributed by atoms with Crippen LogP contribution in [0, 0.1) is 6.92 Å². The molecule has 1 atom stereocenters. The summed E-state index contributed by atoms with van der Waals surface area (Å²) in [6, 6.07) is 7.77. The Labute approximate surface area is 140 Å². The maximum absolute atomic E-state index is 12.5. The lowest BCUT2D eigenvalue weighted by Crippen LogP contribution is -2.52. The third-order valence-corrected chi connectivity index (χ3v) is 5.05. The minimum atomic E-state index is -0.131. The van der Waals surface area contributed by atoms with Crippen LogP contribution in [0.1, 0.15) is 12.5 Å². The van der Waals surface area contributed by atoms with E-state index in [4.69, 9.17) is 0 Å². The molecule has 0 unspecified atom stereocenters. The van der Waals surface area contributed by atoms with E-state index in [-0.39, 0.29) is 11.9 Å².